The third kappa shape index (κ3) is 3.42. The first-order valence-electron chi connectivity index (χ1n) is 7.90. The van der Waals surface area contributed by atoms with Crippen molar-refractivity contribution in [2.24, 2.45) is 11.3 Å². The molecule has 0 aliphatic carbocycles. The molecule has 3 unspecified atom stereocenters. The van der Waals surface area contributed by atoms with Crippen LogP contribution < -0.4 is 0 Å². The molecular formula is C18H29NO. The third-order valence-corrected chi connectivity index (χ3v) is 4.84. The SMILES string of the molecule is CCC(C(O)c1ccccc1)N1CCC(C(C)(C)C)C1. The second kappa shape index (κ2) is 6.28. The zero-order valence-corrected chi connectivity index (χ0v) is 13.3. The van der Waals surface area contributed by atoms with Crippen LogP contribution in [-0.4, -0.2) is 29.1 Å². The van der Waals surface area contributed by atoms with Crippen molar-refractivity contribution in [1.82, 2.24) is 4.90 Å². The smallest absolute Gasteiger partial charge is 0.0945 e. The van der Waals surface area contributed by atoms with E-state index in [-0.39, 0.29) is 12.1 Å². The number of hydrogen-bond donors (Lipinski definition) is 1. The lowest BCUT2D eigenvalue weighted by molar-refractivity contribution is 0.0532. The number of benzene rings is 1. The molecule has 0 bridgehead atoms. The van der Waals surface area contributed by atoms with Crippen molar-refractivity contribution in [2.75, 3.05) is 13.1 Å². The lowest BCUT2D eigenvalue weighted by Crippen LogP contribution is -2.38. The standard InChI is InChI=1S/C18H29NO/c1-5-16(17(20)14-9-7-6-8-10-14)19-12-11-15(13-19)18(2,3)4/h6-10,15-17,20H,5,11-13H2,1-4H3. The summed E-state index contributed by atoms with van der Waals surface area (Å²) in [5, 5.41) is 10.7. The Morgan fingerprint density at radius 1 is 1.25 bits per heavy atom. The van der Waals surface area contributed by atoms with E-state index in [4.69, 9.17) is 0 Å². The molecule has 1 saturated heterocycles. The van der Waals surface area contributed by atoms with Crippen molar-refractivity contribution in [2.45, 2.75) is 52.7 Å². The second-order valence-electron chi connectivity index (χ2n) is 7.18. The predicted molar refractivity (Wildman–Crippen MR) is 84.6 cm³/mol. The molecule has 1 fully saturated rings. The highest BCUT2D eigenvalue weighted by atomic mass is 16.3. The summed E-state index contributed by atoms with van der Waals surface area (Å²) in [5.74, 6) is 0.736. The number of rotatable bonds is 4. The summed E-state index contributed by atoms with van der Waals surface area (Å²) in [6, 6.07) is 10.3. The Morgan fingerprint density at radius 2 is 1.90 bits per heavy atom. The fourth-order valence-electron chi connectivity index (χ4n) is 3.35. The summed E-state index contributed by atoms with van der Waals surface area (Å²) < 4.78 is 0. The summed E-state index contributed by atoms with van der Waals surface area (Å²) in [5.41, 5.74) is 1.41. The Hall–Kier alpha value is -0.860. The highest BCUT2D eigenvalue weighted by Crippen LogP contribution is 2.36. The van der Waals surface area contributed by atoms with Crippen LogP contribution in [0.2, 0.25) is 0 Å². The number of nitrogens with zero attached hydrogens (tertiary/aromatic N) is 1. The Balaban J connectivity index is 2.06. The lowest BCUT2D eigenvalue weighted by atomic mass is 9.80. The fraction of sp³-hybridized carbons (Fsp3) is 0.667. The van der Waals surface area contributed by atoms with Gasteiger partial charge < -0.3 is 5.11 Å². The average molecular weight is 275 g/mol. The van der Waals surface area contributed by atoms with Gasteiger partial charge in [-0.3, -0.25) is 4.90 Å². The van der Waals surface area contributed by atoms with Gasteiger partial charge in [0.25, 0.3) is 0 Å². The fourth-order valence-corrected chi connectivity index (χ4v) is 3.35. The lowest BCUT2D eigenvalue weighted by Gasteiger charge is -2.33. The van der Waals surface area contributed by atoms with Crippen LogP contribution in [0, 0.1) is 11.3 Å². The van der Waals surface area contributed by atoms with Crippen molar-refractivity contribution in [3.8, 4) is 0 Å². The molecule has 1 heterocycles. The quantitative estimate of drug-likeness (QED) is 0.901. The summed E-state index contributed by atoms with van der Waals surface area (Å²) >= 11 is 0. The monoisotopic (exact) mass is 275 g/mol. The molecule has 1 aromatic carbocycles. The van der Waals surface area contributed by atoms with E-state index in [1.807, 2.05) is 30.3 Å². The van der Waals surface area contributed by atoms with Crippen LogP contribution in [0.3, 0.4) is 0 Å². The maximum absolute atomic E-state index is 10.7. The molecule has 20 heavy (non-hydrogen) atoms. The van der Waals surface area contributed by atoms with Crippen LogP contribution in [0.1, 0.15) is 52.2 Å². The summed E-state index contributed by atoms with van der Waals surface area (Å²) in [7, 11) is 0. The molecule has 2 nitrogen and oxygen atoms in total. The molecule has 2 rings (SSSR count). The van der Waals surface area contributed by atoms with Crippen LogP contribution in [0.25, 0.3) is 0 Å². The number of hydrogen-bond acceptors (Lipinski definition) is 2. The zero-order chi connectivity index (χ0) is 14.8. The van der Waals surface area contributed by atoms with Crippen LogP contribution in [0.5, 0.6) is 0 Å². The van der Waals surface area contributed by atoms with Crippen LogP contribution >= 0.6 is 0 Å². The molecule has 0 spiro atoms. The Labute approximate surface area is 123 Å². The van der Waals surface area contributed by atoms with Crippen LogP contribution in [0.15, 0.2) is 30.3 Å². The van der Waals surface area contributed by atoms with Gasteiger partial charge in [-0.1, -0.05) is 58.0 Å². The van der Waals surface area contributed by atoms with Gasteiger partial charge in [0.1, 0.15) is 0 Å². The normalized spacial score (nSPS) is 23.8. The highest BCUT2D eigenvalue weighted by molar-refractivity contribution is 5.19. The molecule has 1 aromatic rings. The minimum absolute atomic E-state index is 0.241. The van der Waals surface area contributed by atoms with E-state index in [1.54, 1.807) is 0 Å². The largest absolute Gasteiger partial charge is 0.387 e. The van der Waals surface area contributed by atoms with Gasteiger partial charge in [-0.2, -0.15) is 0 Å². The zero-order valence-electron chi connectivity index (χ0n) is 13.3. The molecule has 1 N–H and O–H groups in total. The number of aliphatic hydroxyl groups is 1. The molecular weight excluding hydrogens is 246 g/mol. The molecule has 2 heteroatoms. The second-order valence-corrected chi connectivity index (χ2v) is 7.18. The van der Waals surface area contributed by atoms with E-state index in [0.717, 1.165) is 31.0 Å². The molecule has 0 radical (unpaired) electrons. The van der Waals surface area contributed by atoms with Crippen LogP contribution in [0.4, 0.5) is 0 Å². The van der Waals surface area contributed by atoms with E-state index in [2.05, 4.69) is 32.6 Å². The minimum Gasteiger partial charge on any atom is -0.387 e. The van der Waals surface area contributed by atoms with E-state index in [9.17, 15) is 5.11 Å². The van der Waals surface area contributed by atoms with Gasteiger partial charge in [-0.05, 0) is 36.3 Å². The molecule has 112 valence electrons. The average Bonchev–Trinajstić information content (AvgIpc) is 2.90. The molecule has 0 aromatic heterocycles. The topological polar surface area (TPSA) is 23.5 Å². The molecule has 0 amide bonds. The van der Waals surface area contributed by atoms with E-state index < -0.39 is 0 Å². The molecule has 3 atom stereocenters. The van der Waals surface area contributed by atoms with Gasteiger partial charge in [0.05, 0.1) is 6.10 Å². The van der Waals surface area contributed by atoms with E-state index in [0.29, 0.717) is 5.41 Å². The first kappa shape index (κ1) is 15.5. The minimum atomic E-state index is -0.375. The molecule has 1 aliphatic rings. The first-order chi connectivity index (χ1) is 9.43. The maximum Gasteiger partial charge on any atom is 0.0945 e. The van der Waals surface area contributed by atoms with Gasteiger partial charge in [0.15, 0.2) is 0 Å². The predicted octanol–water partition coefficient (Wildman–Crippen LogP) is 3.87. The Kier molecular flexibility index (Phi) is 4.87. The van der Waals surface area contributed by atoms with Crippen molar-refractivity contribution >= 4 is 0 Å². The van der Waals surface area contributed by atoms with Crippen molar-refractivity contribution in [3.63, 3.8) is 0 Å². The van der Waals surface area contributed by atoms with E-state index in [1.165, 1.54) is 6.42 Å². The van der Waals surface area contributed by atoms with Gasteiger partial charge in [-0.25, -0.2) is 0 Å². The van der Waals surface area contributed by atoms with Crippen molar-refractivity contribution < 1.29 is 5.11 Å². The van der Waals surface area contributed by atoms with Gasteiger partial charge in [0, 0.05) is 12.6 Å². The van der Waals surface area contributed by atoms with Crippen molar-refractivity contribution in [3.05, 3.63) is 35.9 Å². The summed E-state index contributed by atoms with van der Waals surface area (Å²) in [6.45, 7) is 11.4. The summed E-state index contributed by atoms with van der Waals surface area (Å²) in [6.07, 6.45) is 1.87. The number of aliphatic hydroxyl groups excluding tert-OH is 1. The van der Waals surface area contributed by atoms with Crippen LogP contribution in [-0.2, 0) is 0 Å². The van der Waals surface area contributed by atoms with Gasteiger partial charge >= 0.3 is 0 Å². The van der Waals surface area contributed by atoms with Crippen molar-refractivity contribution in [1.29, 1.82) is 0 Å². The van der Waals surface area contributed by atoms with E-state index >= 15 is 0 Å². The Morgan fingerprint density at radius 3 is 2.40 bits per heavy atom. The Bertz CT molecular complexity index is 409. The number of likely N-dealkylation sites (tertiary alicyclic amines) is 1. The van der Waals surface area contributed by atoms with Gasteiger partial charge in [-0.15, -0.1) is 0 Å². The third-order valence-electron chi connectivity index (χ3n) is 4.84. The van der Waals surface area contributed by atoms with Gasteiger partial charge in [0.2, 0.25) is 0 Å². The highest BCUT2D eigenvalue weighted by Gasteiger charge is 2.36. The molecule has 1 aliphatic heterocycles. The first-order valence-corrected chi connectivity index (χ1v) is 7.90. The molecule has 0 saturated carbocycles. The maximum atomic E-state index is 10.7. The summed E-state index contributed by atoms with van der Waals surface area (Å²) in [4.78, 5) is 2.49.